The quantitative estimate of drug-likeness (QED) is 0.684. The first-order valence-corrected chi connectivity index (χ1v) is 9.01. The number of rotatable bonds is 4. The van der Waals surface area contributed by atoms with Crippen LogP contribution in [0.15, 0.2) is 53.7 Å². The van der Waals surface area contributed by atoms with Crippen molar-refractivity contribution in [1.82, 2.24) is 19.5 Å². The van der Waals surface area contributed by atoms with Crippen molar-refractivity contribution in [3.05, 3.63) is 64.8 Å². The third kappa shape index (κ3) is 3.46. The van der Waals surface area contributed by atoms with E-state index in [0.29, 0.717) is 37.0 Å². The summed E-state index contributed by atoms with van der Waals surface area (Å²) in [5.41, 5.74) is 1.98. The van der Waals surface area contributed by atoms with Crippen molar-refractivity contribution < 1.29 is 9.47 Å². The van der Waals surface area contributed by atoms with Crippen LogP contribution in [0.2, 0.25) is 0 Å². The molecule has 0 amide bonds. The molecule has 0 aliphatic carbocycles. The maximum absolute atomic E-state index is 12.5. The van der Waals surface area contributed by atoms with Gasteiger partial charge in [-0.15, -0.1) is 0 Å². The second kappa shape index (κ2) is 7.77. The third-order valence-electron chi connectivity index (χ3n) is 4.79. The van der Waals surface area contributed by atoms with Crippen molar-refractivity contribution >= 4 is 5.95 Å². The van der Waals surface area contributed by atoms with Gasteiger partial charge in [-0.3, -0.25) is 9.36 Å². The lowest BCUT2D eigenvalue weighted by Crippen LogP contribution is -2.41. The number of methoxy groups -OCH3 is 1. The molecule has 1 saturated heterocycles. The molecule has 1 aromatic carbocycles. The van der Waals surface area contributed by atoms with Gasteiger partial charge in [0.05, 0.1) is 31.6 Å². The molecule has 144 valence electrons. The molecule has 8 heteroatoms. The van der Waals surface area contributed by atoms with Gasteiger partial charge in [-0.05, 0) is 12.1 Å². The number of anilines is 1. The van der Waals surface area contributed by atoms with Crippen LogP contribution in [0.25, 0.3) is 11.4 Å². The van der Waals surface area contributed by atoms with Crippen LogP contribution in [0.1, 0.15) is 11.7 Å². The zero-order valence-corrected chi connectivity index (χ0v) is 15.8. The van der Waals surface area contributed by atoms with E-state index in [4.69, 9.17) is 14.5 Å². The van der Waals surface area contributed by atoms with Gasteiger partial charge in [0.1, 0.15) is 18.2 Å². The average molecular weight is 379 g/mol. The molecule has 4 rings (SSSR count). The van der Waals surface area contributed by atoms with Crippen molar-refractivity contribution in [2.45, 2.75) is 6.10 Å². The van der Waals surface area contributed by atoms with Crippen LogP contribution < -0.4 is 15.2 Å². The minimum Gasteiger partial charge on any atom is -0.496 e. The summed E-state index contributed by atoms with van der Waals surface area (Å²) in [4.78, 5) is 27.4. The third-order valence-corrected chi connectivity index (χ3v) is 4.79. The Hall–Kier alpha value is -3.26. The topological polar surface area (TPSA) is 82.4 Å². The van der Waals surface area contributed by atoms with Gasteiger partial charge in [0.15, 0.2) is 0 Å². The van der Waals surface area contributed by atoms with E-state index in [1.807, 2.05) is 24.3 Å². The second-order valence-electron chi connectivity index (χ2n) is 6.48. The van der Waals surface area contributed by atoms with Crippen molar-refractivity contribution in [3.8, 4) is 17.1 Å². The van der Waals surface area contributed by atoms with Crippen molar-refractivity contribution in [3.63, 3.8) is 0 Å². The molecule has 3 aromatic rings. The molecule has 0 unspecified atom stereocenters. The number of aromatic nitrogens is 4. The highest BCUT2D eigenvalue weighted by Crippen LogP contribution is 2.31. The molecule has 1 atom stereocenters. The molecule has 0 radical (unpaired) electrons. The Kier molecular flexibility index (Phi) is 5.03. The highest BCUT2D eigenvalue weighted by Gasteiger charge is 2.27. The van der Waals surface area contributed by atoms with Crippen LogP contribution in [0.4, 0.5) is 5.95 Å². The standard InChI is InChI=1S/C20H21N5O3/c1-24-19(26)11-16(15-7-8-21-13-22-15)23-20(24)25-9-10-28-18(12-25)14-5-3-4-6-17(14)27-2/h3-8,11,13,18H,9-10,12H2,1-2H3/t18-/m0/s1. The molecule has 0 bridgehead atoms. The average Bonchev–Trinajstić information content (AvgIpc) is 2.76. The Morgan fingerprint density at radius 1 is 1.21 bits per heavy atom. The van der Waals surface area contributed by atoms with Crippen LogP contribution in [-0.2, 0) is 11.8 Å². The molecule has 1 aliphatic heterocycles. The summed E-state index contributed by atoms with van der Waals surface area (Å²) in [6.07, 6.45) is 2.90. The van der Waals surface area contributed by atoms with Crippen molar-refractivity contribution in [2.24, 2.45) is 7.05 Å². The van der Waals surface area contributed by atoms with Crippen LogP contribution in [-0.4, -0.2) is 46.3 Å². The monoisotopic (exact) mass is 379 g/mol. The van der Waals surface area contributed by atoms with Crippen molar-refractivity contribution in [1.29, 1.82) is 0 Å². The Bertz CT molecular complexity index is 1020. The summed E-state index contributed by atoms with van der Waals surface area (Å²) in [6, 6.07) is 11.0. The van der Waals surface area contributed by atoms with Gasteiger partial charge in [0, 0.05) is 31.4 Å². The highest BCUT2D eigenvalue weighted by molar-refractivity contribution is 5.55. The Labute approximate surface area is 162 Å². The van der Waals surface area contributed by atoms with Gasteiger partial charge in [-0.25, -0.2) is 15.0 Å². The van der Waals surface area contributed by atoms with Gasteiger partial charge in [0.25, 0.3) is 5.56 Å². The van der Waals surface area contributed by atoms with E-state index in [1.165, 1.54) is 12.4 Å². The van der Waals surface area contributed by atoms with E-state index in [9.17, 15) is 4.79 Å². The fourth-order valence-electron chi connectivity index (χ4n) is 3.34. The number of hydrogen-bond acceptors (Lipinski definition) is 7. The summed E-state index contributed by atoms with van der Waals surface area (Å²) >= 11 is 0. The summed E-state index contributed by atoms with van der Waals surface area (Å²) in [6.45, 7) is 1.73. The summed E-state index contributed by atoms with van der Waals surface area (Å²) in [5.74, 6) is 1.37. The van der Waals surface area contributed by atoms with E-state index in [1.54, 1.807) is 31.0 Å². The molecular formula is C20H21N5O3. The summed E-state index contributed by atoms with van der Waals surface area (Å²) in [5, 5.41) is 0. The number of nitrogens with zero attached hydrogens (tertiary/aromatic N) is 5. The van der Waals surface area contributed by atoms with E-state index >= 15 is 0 Å². The van der Waals surface area contributed by atoms with Crippen LogP contribution >= 0.6 is 0 Å². The second-order valence-corrected chi connectivity index (χ2v) is 6.48. The van der Waals surface area contributed by atoms with E-state index < -0.39 is 0 Å². The highest BCUT2D eigenvalue weighted by atomic mass is 16.5. The summed E-state index contributed by atoms with van der Waals surface area (Å²) < 4.78 is 13.0. The van der Waals surface area contributed by atoms with Crippen LogP contribution in [0.5, 0.6) is 5.75 Å². The molecule has 2 aromatic heterocycles. The molecule has 3 heterocycles. The predicted molar refractivity (Wildman–Crippen MR) is 104 cm³/mol. The fraction of sp³-hybridized carbons (Fsp3) is 0.300. The molecule has 1 aliphatic rings. The number of hydrogen-bond donors (Lipinski definition) is 0. The van der Waals surface area contributed by atoms with Crippen LogP contribution in [0.3, 0.4) is 0 Å². The van der Waals surface area contributed by atoms with Crippen molar-refractivity contribution in [2.75, 3.05) is 31.7 Å². The lowest BCUT2D eigenvalue weighted by molar-refractivity contribution is 0.0374. The summed E-state index contributed by atoms with van der Waals surface area (Å²) in [7, 11) is 3.37. The Morgan fingerprint density at radius 3 is 2.86 bits per heavy atom. The molecule has 0 spiro atoms. The molecule has 28 heavy (non-hydrogen) atoms. The zero-order chi connectivity index (χ0) is 19.5. The Balaban J connectivity index is 1.69. The maximum Gasteiger partial charge on any atom is 0.255 e. The first-order valence-electron chi connectivity index (χ1n) is 9.01. The SMILES string of the molecule is COc1ccccc1[C@@H]1CN(c2nc(-c3ccncn3)cc(=O)n2C)CCO1. The van der Waals surface area contributed by atoms with Crippen LogP contribution in [0, 0.1) is 0 Å². The Morgan fingerprint density at radius 2 is 2.07 bits per heavy atom. The van der Waals surface area contributed by atoms with Gasteiger partial charge in [0.2, 0.25) is 5.95 Å². The zero-order valence-electron chi connectivity index (χ0n) is 15.8. The molecule has 8 nitrogen and oxygen atoms in total. The number of para-hydroxylation sites is 1. The first-order chi connectivity index (χ1) is 13.7. The van der Waals surface area contributed by atoms with E-state index in [0.717, 1.165) is 11.3 Å². The minimum atomic E-state index is -0.176. The van der Waals surface area contributed by atoms with E-state index in [-0.39, 0.29) is 11.7 Å². The normalized spacial score (nSPS) is 16.8. The largest absolute Gasteiger partial charge is 0.496 e. The number of morpholine rings is 1. The fourth-order valence-corrected chi connectivity index (χ4v) is 3.34. The van der Waals surface area contributed by atoms with E-state index in [2.05, 4.69) is 14.9 Å². The lowest BCUT2D eigenvalue weighted by Gasteiger charge is -2.35. The predicted octanol–water partition coefficient (Wildman–Crippen LogP) is 1.82. The smallest absolute Gasteiger partial charge is 0.255 e. The number of ether oxygens (including phenoxy) is 2. The molecule has 0 N–H and O–H groups in total. The lowest BCUT2D eigenvalue weighted by atomic mass is 10.1. The van der Waals surface area contributed by atoms with Gasteiger partial charge < -0.3 is 14.4 Å². The maximum atomic E-state index is 12.5. The van der Waals surface area contributed by atoms with Gasteiger partial charge in [-0.1, -0.05) is 18.2 Å². The number of benzene rings is 1. The molecule has 1 fully saturated rings. The first kappa shape index (κ1) is 18.1. The molecular weight excluding hydrogens is 358 g/mol. The minimum absolute atomic E-state index is 0.140. The molecule has 0 saturated carbocycles. The van der Waals surface area contributed by atoms with Gasteiger partial charge in [-0.2, -0.15) is 0 Å². The van der Waals surface area contributed by atoms with Gasteiger partial charge >= 0.3 is 0 Å².